The smallest absolute Gasteiger partial charge is 0.267 e. The van der Waals surface area contributed by atoms with E-state index in [0.717, 1.165) is 49.3 Å². The van der Waals surface area contributed by atoms with Gasteiger partial charge < -0.3 is 19.8 Å². The fourth-order valence-electron chi connectivity index (χ4n) is 4.01. The van der Waals surface area contributed by atoms with Crippen LogP contribution in [0.15, 0.2) is 17.5 Å². The molecule has 2 aromatic heterocycles. The van der Waals surface area contributed by atoms with Crippen LogP contribution in [-0.2, 0) is 9.47 Å². The van der Waals surface area contributed by atoms with Gasteiger partial charge in [0.25, 0.3) is 5.91 Å². The van der Waals surface area contributed by atoms with Crippen LogP contribution in [0.2, 0.25) is 0 Å². The van der Waals surface area contributed by atoms with Crippen molar-refractivity contribution >= 4 is 27.5 Å². The number of carbonyl (C=O) groups excluding carboxylic acids is 1. The van der Waals surface area contributed by atoms with Gasteiger partial charge in [-0.3, -0.25) is 4.79 Å². The molecule has 4 rings (SSSR count). The highest BCUT2D eigenvalue weighted by Gasteiger charge is 2.56. The fourth-order valence-corrected chi connectivity index (χ4v) is 4.80. The largest absolute Gasteiger partial charge is 0.381 e. The highest BCUT2D eigenvalue weighted by Crippen LogP contribution is 2.50. The molecule has 0 aromatic carbocycles. The lowest BCUT2D eigenvalue weighted by Crippen LogP contribution is -2.66. The molecular weight excluding hydrogens is 312 g/mol. The molecule has 1 amide bonds. The quantitative estimate of drug-likeness (QED) is 0.903. The third kappa shape index (κ3) is 2.49. The van der Waals surface area contributed by atoms with Crippen molar-refractivity contribution in [3.63, 3.8) is 0 Å². The van der Waals surface area contributed by atoms with Crippen LogP contribution < -0.4 is 5.32 Å². The van der Waals surface area contributed by atoms with Gasteiger partial charge in [0.15, 0.2) is 0 Å². The first-order valence-electron chi connectivity index (χ1n) is 8.29. The second kappa shape index (κ2) is 5.92. The first-order chi connectivity index (χ1) is 11.2. The molecule has 1 saturated heterocycles. The monoisotopic (exact) mass is 334 g/mol. The number of thiophene rings is 1. The average molecular weight is 334 g/mol. The van der Waals surface area contributed by atoms with Crippen molar-refractivity contribution in [3.05, 3.63) is 23.2 Å². The molecule has 2 atom stereocenters. The van der Waals surface area contributed by atoms with E-state index in [1.54, 1.807) is 11.3 Å². The molecule has 3 heterocycles. The number of rotatable bonds is 4. The minimum atomic E-state index is -0.0146. The topological polar surface area (TPSA) is 63.3 Å². The molecule has 2 aliphatic rings. The molecular formula is C17H22N2O3S. The van der Waals surface area contributed by atoms with Crippen molar-refractivity contribution in [1.82, 2.24) is 10.3 Å². The number of hydrogen-bond acceptors (Lipinski definition) is 4. The molecule has 0 bridgehead atoms. The van der Waals surface area contributed by atoms with Gasteiger partial charge in [0.05, 0.1) is 16.3 Å². The second-order valence-electron chi connectivity index (χ2n) is 6.43. The first-order valence-corrected chi connectivity index (χ1v) is 9.17. The summed E-state index contributed by atoms with van der Waals surface area (Å²) in [6, 6.07) is 4.12. The Labute approximate surface area is 139 Å². The molecule has 23 heavy (non-hydrogen) atoms. The average Bonchev–Trinajstić information content (AvgIpc) is 3.16. The van der Waals surface area contributed by atoms with Gasteiger partial charge in [-0.2, -0.15) is 0 Å². The van der Waals surface area contributed by atoms with Gasteiger partial charge in [0, 0.05) is 31.3 Å². The summed E-state index contributed by atoms with van der Waals surface area (Å²) in [5.74, 6) is -0.0146. The Morgan fingerprint density at radius 2 is 2.35 bits per heavy atom. The molecule has 0 radical (unpaired) electrons. The van der Waals surface area contributed by atoms with Gasteiger partial charge in [0.2, 0.25) is 0 Å². The van der Waals surface area contributed by atoms with E-state index in [1.165, 1.54) is 0 Å². The number of nitrogens with one attached hydrogen (secondary N) is 2. The minimum Gasteiger partial charge on any atom is -0.381 e. The Balaban J connectivity index is 1.49. The molecule has 2 fully saturated rings. The van der Waals surface area contributed by atoms with Gasteiger partial charge >= 0.3 is 0 Å². The SMILES string of the molecule is CCO[C@H]1C[C@H](NC(=O)c2cc3sccc3[nH]2)C12CCOCC2. The number of aromatic nitrogens is 1. The summed E-state index contributed by atoms with van der Waals surface area (Å²) in [5.41, 5.74) is 1.73. The summed E-state index contributed by atoms with van der Waals surface area (Å²) in [6.45, 7) is 4.27. The van der Waals surface area contributed by atoms with E-state index in [2.05, 4.69) is 10.3 Å². The summed E-state index contributed by atoms with van der Waals surface area (Å²) in [4.78, 5) is 15.8. The Kier molecular flexibility index (Phi) is 3.91. The van der Waals surface area contributed by atoms with Crippen molar-refractivity contribution in [2.75, 3.05) is 19.8 Å². The lowest BCUT2D eigenvalue weighted by molar-refractivity contribution is -0.170. The van der Waals surface area contributed by atoms with Crippen LogP contribution in [0.4, 0.5) is 0 Å². The van der Waals surface area contributed by atoms with Gasteiger partial charge in [0.1, 0.15) is 5.69 Å². The number of ether oxygens (including phenoxy) is 2. The summed E-state index contributed by atoms with van der Waals surface area (Å²) in [6.07, 6.45) is 3.06. The van der Waals surface area contributed by atoms with Crippen molar-refractivity contribution < 1.29 is 14.3 Å². The third-order valence-electron chi connectivity index (χ3n) is 5.37. The molecule has 1 saturated carbocycles. The highest BCUT2D eigenvalue weighted by atomic mass is 32.1. The van der Waals surface area contributed by atoms with E-state index < -0.39 is 0 Å². The second-order valence-corrected chi connectivity index (χ2v) is 7.38. The van der Waals surface area contributed by atoms with Crippen LogP contribution in [0.25, 0.3) is 10.2 Å². The maximum absolute atomic E-state index is 12.6. The third-order valence-corrected chi connectivity index (χ3v) is 6.23. The van der Waals surface area contributed by atoms with E-state index >= 15 is 0 Å². The standard InChI is InChI=1S/C17H22N2O3S/c1-2-22-15-10-14(17(15)4-6-21-7-5-17)19-16(20)12-9-13-11(18-12)3-8-23-13/h3,8-9,14-15,18H,2,4-7,10H2,1H3,(H,19,20)/t14-,15-/m0/s1. The van der Waals surface area contributed by atoms with Gasteiger partial charge in [-0.25, -0.2) is 0 Å². The summed E-state index contributed by atoms with van der Waals surface area (Å²) in [7, 11) is 0. The molecule has 1 aliphatic heterocycles. The van der Waals surface area contributed by atoms with Crippen LogP contribution in [0.5, 0.6) is 0 Å². The Bertz CT molecular complexity index is 673. The molecule has 5 nitrogen and oxygen atoms in total. The van der Waals surface area contributed by atoms with Crippen LogP contribution in [0.1, 0.15) is 36.7 Å². The molecule has 124 valence electrons. The maximum atomic E-state index is 12.6. The number of aromatic amines is 1. The summed E-state index contributed by atoms with van der Waals surface area (Å²) >= 11 is 1.64. The molecule has 1 spiro atoms. The van der Waals surface area contributed by atoms with Crippen LogP contribution in [0, 0.1) is 5.41 Å². The van der Waals surface area contributed by atoms with Crippen LogP contribution in [-0.4, -0.2) is 42.9 Å². The predicted octanol–water partition coefficient (Wildman–Crippen LogP) is 2.93. The van der Waals surface area contributed by atoms with E-state index in [-0.39, 0.29) is 23.5 Å². The van der Waals surface area contributed by atoms with E-state index in [9.17, 15) is 4.79 Å². The molecule has 6 heteroatoms. The Hall–Kier alpha value is -1.37. The lowest BCUT2D eigenvalue weighted by Gasteiger charge is -2.57. The number of hydrogen-bond donors (Lipinski definition) is 2. The van der Waals surface area contributed by atoms with E-state index in [0.29, 0.717) is 5.69 Å². The zero-order valence-corrected chi connectivity index (χ0v) is 14.1. The Morgan fingerprint density at radius 1 is 1.52 bits per heavy atom. The molecule has 1 aliphatic carbocycles. The first kappa shape index (κ1) is 15.2. The zero-order chi connectivity index (χ0) is 15.9. The molecule has 0 unspecified atom stereocenters. The van der Waals surface area contributed by atoms with Crippen LogP contribution in [0.3, 0.4) is 0 Å². The van der Waals surface area contributed by atoms with E-state index in [1.807, 2.05) is 24.4 Å². The fraction of sp³-hybridized carbons (Fsp3) is 0.588. The normalized spacial score (nSPS) is 26.3. The predicted molar refractivity (Wildman–Crippen MR) is 89.9 cm³/mol. The summed E-state index contributed by atoms with van der Waals surface area (Å²) in [5, 5.41) is 5.26. The Morgan fingerprint density at radius 3 is 3.09 bits per heavy atom. The van der Waals surface area contributed by atoms with Crippen LogP contribution >= 0.6 is 11.3 Å². The van der Waals surface area contributed by atoms with Crippen molar-refractivity contribution in [2.24, 2.45) is 5.41 Å². The summed E-state index contributed by atoms with van der Waals surface area (Å²) < 4.78 is 12.6. The minimum absolute atomic E-state index is 0.0146. The van der Waals surface area contributed by atoms with Crippen molar-refractivity contribution in [3.8, 4) is 0 Å². The maximum Gasteiger partial charge on any atom is 0.267 e. The lowest BCUT2D eigenvalue weighted by atomic mass is 9.57. The van der Waals surface area contributed by atoms with Gasteiger partial charge in [-0.15, -0.1) is 11.3 Å². The molecule has 2 aromatic rings. The highest BCUT2D eigenvalue weighted by molar-refractivity contribution is 7.17. The number of fused-ring (bicyclic) bond motifs is 1. The number of carbonyl (C=O) groups is 1. The van der Waals surface area contributed by atoms with Gasteiger partial charge in [-0.1, -0.05) is 0 Å². The number of H-pyrrole nitrogens is 1. The number of amides is 1. The zero-order valence-electron chi connectivity index (χ0n) is 13.3. The van der Waals surface area contributed by atoms with Crippen molar-refractivity contribution in [2.45, 2.75) is 38.3 Å². The van der Waals surface area contributed by atoms with Crippen molar-refractivity contribution in [1.29, 1.82) is 0 Å². The van der Waals surface area contributed by atoms with Gasteiger partial charge in [-0.05, 0) is 43.7 Å². The molecule has 2 N–H and O–H groups in total. The van der Waals surface area contributed by atoms with E-state index in [4.69, 9.17) is 9.47 Å².